The highest BCUT2D eigenvalue weighted by atomic mass is 32.2. The molecule has 6 amide bonds. The van der Waals surface area contributed by atoms with E-state index in [1.54, 1.807) is 10.8 Å². The van der Waals surface area contributed by atoms with Gasteiger partial charge in [-0.15, -0.1) is 23.1 Å². The van der Waals surface area contributed by atoms with E-state index in [4.69, 9.17) is 0 Å². The number of carbonyl (C=O) groups is 7. The van der Waals surface area contributed by atoms with Gasteiger partial charge in [0.05, 0.1) is 28.5 Å². The average Bonchev–Trinajstić information content (AvgIpc) is 3.61. The summed E-state index contributed by atoms with van der Waals surface area (Å²) >= 11 is 2.61. The molecule has 3 aliphatic rings. The molecule has 19 heteroatoms. The van der Waals surface area contributed by atoms with Gasteiger partial charge in [0, 0.05) is 37.2 Å². The molecule has 1 fully saturated rings. The lowest BCUT2D eigenvalue weighted by Gasteiger charge is -2.34. The van der Waals surface area contributed by atoms with E-state index >= 15 is 0 Å². The Kier molecular flexibility index (Phi) is 12.3. The lowest BCUT2D eigenvalue weighted by atomic mass is 10.0. The molecule has 3 aliphatic heterocycles. The molecule has 2 aromatic rings. The smallest absolute Gasteiger partial charge is 0.303 e. The third-order valence-corrected chi connectivity index (χ3v) is 10.3. The van der Waals surface area contributed by atoms with Crippen molar-refractivity contribution in [3.05, 3.63) is 17.6 Å². The predicted octanol–water partition coefficient (Wildman–Crippen LogP) is -1.89. The first-order valence-corrected chi connectivity index (χ1v) is 17.5. The minimum absolute atomic E-state index is 0.0616. The summed E-state index contributed by atoms with van der Waals surface area (Å²) in [5.41, 5.74) is 0. The fourth-order valence-electron chi connectivity index (χ4n) is 5.54. The number of carboxylic acid groups (broad SMARTS) is 1. The molecule has 17 nitrogen and oxygen atoms in total. The highest BCUT2D eigenvalue weighted by Crippen LogP contribution is 2.34. The van der Waals surface area contributed by atoms with Gasteiger partial charge in [-0.2, -0.15) is 0 Å². The standard InChI is InChI=1S/C30H41N7O10S2/c1-13(38)9-20-27(45)33-18-10-37-11-21-16(7-8-48-21)30(37)49-12-19(29(47)36(20)4)34-28(46)23(15(3)39)35-24(42)14(2)31-25(43)17(32-26(18)44)5-6-22(40)41/h7-8,11,13-15,17-20,23,38-39H,5-6,9-10,12H2,1-4H3,(H,31,43)(H,32,44)(H,33,45)(H,34,46)(H,35,42)(H,40,41)/t13-,14-,15-,17-,18+,19-,20-,23+/m0/s1. The lowest BCUT2D eigenvalue weighted by Crippen LogP contribution is -2.63. The number of hydrogen-bond donors (Lipinski definition) is 8. The van der Waals surface area contributed by atoms with Crippen LogP contribution in [0, 0.1) is 0 Å². The van der Waals surface area contributed by atoms with Crippen LogP contribution in [0.2, 0.25) is 0 Å². The minimum Gasteiger partial charge on any atom is -0.481 e. The number of aliphatic hydroxyl groups excluding tert-OH is 2. The van der Waals surface area contributed by atoms with Gasteiger partial charge in [-0.1, -0.05) is 0 Å². The van der Waals surface area contributed by atoms with Crippen molar-refractivity contribution >= 4 is 74.6 Å². The molecule has 0 saturated carbocycles. The maximum absolute atomic E-state index is 14.1. The van der Waals surface area contributed by atoms with Crippen molar-refractivity contribution < 1.29 is 48.9 Å². The van der Waals surface area contributed by atoms with Crippen molar-refractivity contribution in [1.29, 1.82) is 0 Å². The molecule has 8 N–H and O–H groups in total. The third kappa shape index (κ3) is 9.08. The van der Waals surface area contributed by atoms with Gasteiger partial charge in [-0.05, 0) is 38.6 Å². The number of nitrogens with one attached hydrogen (secondary N) is 5. The van der Waals surface area contributed by atoms with E-state index in [9.17, 15) is 48.9 Å². The van der Waals surface area contributed by atoms with Crippen LogP contribution in [0.4, 0.5) is 0 Å². The molecular formula is C30H41N7O10S2. The molecule has 2 bridgehead atoms. The van der Waals surface area contributed by atoms with Crippen LogP contribution in [0.15, 0.2) is 22.7 Å². The Balaban J connectivity index is 1.89. The summed E-state index contributed by atoms with van der Waals surface area (Å²) in [7, 11) is 1.32. The topological polar surface area (TPSA) is 248 Å². The van der Waals surface area contributed by atoms with Gasteiger partial charge in [0.15, 0.2) is 0 Å². The third-order valence-electron chi connectivity index (χ3n) is 8.25. The van der Waals surface area contributed by atoms with Crippen molar-refractivity contribution in [2.75, 3.05) is 12.8 Å². The first kappa shape index (κ1) is 37.6. The van der Waals surface area contributed by atoms with E-state index < -0.39 is 96.3 Å². The van der Waals surface area contributed by atoms with Crippen molar-refractivity contribution in [2.24, 2.45) is 0 Å². The number of likely N-dealkylation sites (N-methyl/N-ethyl adjacent to an activating group) is 1. The molecule has 5 heterocycles. The zero-order valence-electron chi connectivity index (χ0n) is 27.3. The van der Waals surface area contributed by atoms with Crippen LogP contribution in [0.5, 0.6) is 0 Å². The first-order chi connectivity index (χ1) is 23.1. The van der Waals surface area contributed by atoms with Gasteiger partial charge in [0.2, 0.25) is 35.4 Å². The van der Waals surface area contributed by atoms with Gasteiger partial charge >= 0.3 is 5.97 Å². The predicted molar refractivity (Wildman–Crippen MR) is 177 cm³/mol. The zero-order chi connectivity index (χ0) is 36.2. The molecule has 268 valence electrons. The minimum atomic E-state index is -1.58. The number of thiophene rings is 1. The molecule has 0 aromatic carbocycles. The number of fused-ring (bicyclic) bond motifs is 16. The zero-order valence-corrected chi connectivity index (χ0v) is 28.9. The highest BCUT2D eigenvalue weighted by molar-refractivity contribution is 7.99. The van der Waals surface area contributed by atoms with Crippen LogP contribution in [-0.4, -0.2) is 127 Å². The van der Waals surface area contributed by atoms with Gasteiger partial charge in [-0.25, -0.2) is 0 Å². The van der Waals surface area contributed by atoms with Crippen molar-refractivity contribution in [3.8, 4) is 0 Å². The molecular weight excluding hydrogens is 683 g/mol. The summed E-state index contributed by atoms with van der Waals surface area (Å²) in [6.45, 7) is 3.81. The molecule has 0 spiro atoms. The Hall–Kier alpha value is -4.20. The van der Waals surface area contributed by atoms with E-state index in [-0.39, 0.29) is 25.1 Å². The number of amides is 6. The van der Waals surface area contributed by atoms with E-state index in [0.29, 0.717) is 5.03 Å². The lowest BCUT2D eigenvalue weighted by molar-refractivity contribution is -0.144. The van der Waals surface area contributed by atoms with E-state index in [1.807, 2.05) is 11.4 Å². The molecule has 1 saturated heterocycles. The van der Waals surface area contributed by atoms with Crippen molar-refractivity contribution in [3.63, 3.8) is 0 Å². The largest absolute Gasteiger partial charge is 0.481 e. The summed E-state index contributed by atoms with van der Waals surface area (Å²) in [6.07, 6.45) is -1.91. The van der Waals surface area contributed by atoms with Crippen LogP contribution in [0.3, 0.4) is 0 Å². The summed E-state index contributed by atoms with van der Waals surface area (Å²) in [4.78, 5) is 94.5. The quantitative estimate of drug-likeness (QED) is 0.153. The van der Waals surface area contributed by atoms with Crippen molar-refractivity contribution in [2.45, 2.75) is 100 Å². The first-order valence-electron chi connectivity index (χ1n) is 15.6. The number of hydrogen-bond acceptors (Lipinski definition) is 11. The molecule has 49 heavy (non-hydrogen) atoms. The Labute approximate surface area is 289 Å². The number of carbonyl (C=O) groups excluding carboxylic acids is 6. The van der Waals surface area contributed by atoms with Gasteiger partial charge < -0.3 is 51.4 Å². The Bertz CT molecular complexity index is 1610. The molecule has 0 aliphatic carbocycles. The number of rotatable bonds is 6. The summed E-state index contributed by atoms with van der Waals surface area (Å²) in [6, 6.07) is -6.47. The normalized spacial score (nSPS) is 27.6. The Morgan fingerprint density at radius 1 is 0.939 bits per heavy atom. The SMILES string of the molecule is C[C@H](O)C[C@H]1C(=O)N[C@@H]2Cn3cc4sccc4c3SC[C@H](NC(=O)[C@@H]([C@H](C)O)NC(=O)[C@H](C)NC(=O)[C@H](CCC(=O)O)NC2=O)C(=O)N1C. The second-order valence-corrected chi connectivity index (χ2v) is 14.2. The second-order valence-electron chi connectivity index (χ2n) is 12.2. The van der Waals surface area contributed by atoms with Gasteiger partial charge in [0.1, 0.15) is 36.3 Å². The number of nitrogens with zero attached hydrogens (tertiary/aromatic N) is 2. The molecule has 8 atom stereocenters. The summed E-state index contributed by atoms with van der Waals surface area (Å²) in [5.74, 6) is -6.37. The van der Waals surface area contributed by atoms with Crippen LogP contribution in [-0.2, 0) is 40.1 Å². The maximum Gasteiger partial charge on any atom is 0.303 e. The van der Waals surface area contributed by atoms with E-state index in [2.05, 4.69) is 26.6 Å². The number of aromatic nitrogens is 1. The Morgan fingerprint density at radius 3 is 2.29 bits per heavy atom. The summed E-state index contributed by atoms with van der Waals surface area (Å²) < 4.78 is 2.54. The summed E-state index contributed by atoms with van der Waals surface area (Å²) in [5, 5.41) is 45.9. The number of aliphatic carboxylic acids is 1. The van der Waals surface area contributed by atoms with Crippen LogP contribution < -0.4 is 26.6 Å². The number of aliphatic hydroxyl groups is 2. The fourth-order valence-corrected chi connectivity index (χ4v) is 7.61. The molecule has 5 rings (SSSR count). The van der Waals surface area contributed by atoms with Crippen LogP contribution in [0.25, 0.3) is 10.1 Å². The number of thioether (sulfide) groups is 1. The maximum atomic E-state index is 14.1. The molecule has 2 aromatic heterocycles. The van der Waals surface area contributed by atoms with Crippen molar-refractivity contribution in [1.82, 2.24) is 36.1 Å². The highest BCUT2D eigenvalue weighted by Gasteiger charge is 2.39. The van der Waals surface area contributed by atoms with E-state index in [1.165, 1.54) is 50.9 Å². The van der Waals surface area contributed by atoms with E-state index in [0.717, 1.165) is 15.0 Å². The second kappa shape index (κ2) is 16.0. The van der Waals surface area contributed by atoms with Gasteiger partial charge in [0.25, 0.3) is 0 Å². The molecule has 0 unspecified atom stereocenters. The number of carboxylic acids is 1. The Morgan fingerprint density at radius 2 is 1.63 bits per heavy atom. The monoisotopic (exact) mass is 723 g/mol. The van der Waals surface area contributed by atoms with Gasteiger partial charge in [-0.3, -0.25) is 33.6 Å². The fraction of sp³-hybridized carbons (Fsp3) is 0.567. The average molecular weight is 724 g/mol. The van der Waals surface area contributed by atoms with Crippen LogP contribution >= 0.6 is 23.1 Å². The molecule has 0 radical (unpaired) electrons. The van der Waals surface area contributed by atoms with Crippen LogP contribution in [0.1, 0.15) is 40.0 Å².